The van der Waals surface area contributed by atoms with Crippen molar-refractivity contribution in [3.05, 3.63) is 57.1 Å². The first-order valence-electron chi connectivity index (χ1n) is 10.5. The van der Waals surface area contributed by atoms with E-state index >= 15 is 0 Å². The minimum atomic E-state index is -0.910. The van der Waals surface area contributed by atoms with Gasteiger partial charge in [-0.25, -0.2) is 0 Å². The molecule has 0 bridgehead atoms. The first kappa shape index (κ1) is 23.3. The summed E-state index contributed by atoms with van der Waals surface area (Å²) in [6.45, 7) is 0. The van der Waals surface area contributed by atoms with E-state index in [2.05, 4.69) is 0 Å². The van der Waals surface area contributed by atoms with Crippen LogP contribution in [-0.2, 0) is 9.59 Å². The highest BCUT2D eigenvalue weighted by molar-refractivity contribution is 6.47. The van der Waals surface area contributed by atoms with Crippen molar-refractivity contribution in [2.24, 2.45) is 0 Å². The number of amides is 1. The van der Waals surface area contributed by atoms with Crippen LogP contribution < -0.4 is 9.47 Å². The molecular weight excluding hydrogens is 469 g/mol. The molecule has 4 rings (SSSR count). The molecule has 0 radical (unpaired) electrons. The van der Waals surface area contributed by atoms with E-state index < -0.39 is 23.5 Å². The van der Waals surface area contributed by atoms with Crippen molar-refractivity contribution >= 4 is 40.7 Å². The zero-order valence-electron chi connectivity index (χ0n) is 18.1. The third kappa shape index (κ3) is 4.00. The van der Waals surface area contributed by atoms with Gasteiger partial charge in [0, 0.05) is 11.1 Å². The Balaban J connectivity index is 1.96. The summed E-state index contributed by atoms with van der Waals surface area (Å²) in [6.07, 6.45) is 3.37. The van der Waals surface area contributed by atoms with Crippen LogP contribution in [0.15, 0.2) is 35.9 Å². The monoisotopic (exact) mass is 491 g/mol. The molecule has 1 saturated carbocycles. The maximum atomic E-state index is 13.2. The second-order valence-corrected chi connectivity index (χ2v) is 8.89. The predicted octanol–water partition coefficient (Wildman–Crippen LogP) is 5.08. The number of hydrogen-bond donors (Lipinski definition) is 2. The number of phenols is 1. The number of benzene rings is 2. The number of ketones is 1. The highest BCUT2D eigenvalue weighted by Crippen LogP contribution is 2.46. The Morgan fingerprint density at radius 3 is 2.36 bits per heavy atom. The summed E-state index contributed by atoms with van der Waals surface area (Å²) >= 11 is 12.4. The van der Waals surface area contributed by atoms with Crippen molar-refractivity contribution in [3.63, 3.8) is 0 Å². The number of likely N-dealkylation sites (tertiary alicyclic amines) is 1. The van der Waals surface area contributed by atoms with Crippen LogP contribution in [0.25, 0.3) is 5.76 Å². The molecule has 2 aliphatic rings. The van der Waals surface area contributed by atoms with Crippen molar-refractivity contribution < 1.29 is 29.3 Å². The van der Waals surface area contributed by atoms with Gasteiger partial charge in [0.15, 0.2) is 11.5 Å². The normalized spacial score (nSPS) is 20.5. The van der Waals surface area contributed by atoms with Crippen molar-refractivity contribution in [2.45, 2.75) is 37.8 Å². The number of aromatic hydroxyl groups is 1. The van der Waals surface area contributed by atoms with Gasteiger partial charge in [-0.15, -0.1) is 0 Å². The number of Topliss-reactive ketones (excluding diaryl/α,β-unsaturated/α-hetero) is 1. The molecule has 33 heavy (non-hydrogen) atoms. The summed E-state index contributed by atoms with van der Waals surface area (Å²) in [7, 11) is 2.80. The average Bonchev–Trinajstić information content (AvgIpc) is 3.39. The Bertz CT molecular complexity index is 1160. The predicted molar refractivity (Wildman–Crippen MR) is 124 cm³/mol. The highest BCUT2D eigenvalue weighted by Gasteiger charge is 2.49. The molecule has 2 N–H and O–H groups in total. The van der Waals surface area contributed by atoms with Crippen LogP contribution in [0.1, 0.15) is 42.9 Å². The second kappa shape index (κ2) is 9.15. The van der Waals surface area contributed by atoms with Crippen molar-refractivity contribution in [1.29, 1.82) is 0 Å². The number of methoxy groups -OCH3 is 2. The molecule has 2 fully saturated rings. The lowest BCUT2D eigenvalue weighted by Gasteiger charge is -2.31. The van der Waals surface area contributed by atoms with Gasteiger partial charge >= 0.3 is 0 Å². The van der Waals surface area contributed by atoms with Crippen molar-refractivity contribution in [2.75, 3.05) is 14.2 Å². The molecule has 1 atom stereocenters. The van der Waals surface area contributed by atoms with E-state index in [4.69, 9.17) is 32.7 Å². The van der Waals surface area contributed by atoms with Gasteiger partial charge in [-0.3, -0.25) is 9.59 Å². The summed E-state index contributed by atoms with van der Waals surface area (Å²) in [5.74, 6) is -1.73. The molecule has 9 heteroatoms. The Morgan fingerprint density at radius 1 is 1.06 bits per heavy atom. The van der Waals surface area contributed by atoms with E-state index in [1.54, 1.807) is 12.1 Å². The van der Waals surface area contributed by atoms with Gasteiger partial charge in [0.1, 0.15) is 11.5 Å². The molecule has 1 heterocycles. The van der Waals surface area contributed by atoms with Gasteiger partial charge in [-0.05, 0) is 42.7 Å². The van der Waals surface area contributed by atoms with Crippen LogP contribution in [0.4, 0.5) is 0 Å². The molecule has 1 aliphatic carbocycles. The van der Waals surface area contributed by atoms with Crippen LogP contribution in [0, 0.1) is 0 Å². The Morgan fingerprint density at radius 2 is 1.76 bits per heavy atom. The minimum absolute atomic E-state index is 0.0992. The first-order chi connectivity index (χ1) is 15.8. The molecule has 7 nitrogen and oxygen atoms in total. The number of ether oxygens (including phenoxy) is 2. The van der Waals surface area contributed by atoms with E-state index in [1.165, 1.54) is 37.3 Å². The standard InChI is InChI=1S/C24H23Cl2NO6/c1-32-18-8-7-12(9-17(18)28)20-19(22(30)24(31)27(20)14-5-3-4-6-14)21(29)15-10-13(25)11-16(26)23(15)33-2/h7-11,14,20,28-29H,3-6H2,1-2H3/b21-19+. The molecule has 2 aromatic rings. The lowest BCUT2D eigenvalue weighted by molar-refractivity contribution is -0.141. The van der Waals surface area contributed by atoms with Crippen LogP contribution >= 0.6 is 23.2 Å². The molecule has 1 aliphatic heterocycles. The zero-order chi connectivity index (χ0) is 23.9. The number of carbonyl (C=O) groups is 2. The van der Waals surface area contributed by atoms with Gasteiger partial charge in [0.25, 0.3) is 11.7 Å². The summed E-state index contributed by atoms with van der Waals surface area (Å²) in [6, 6.07) is 6.45. The fraction of sp³-hybridized carbons (Fsp3) is 0.333. The van der Waals surface area contributed by atoms with Crippen LogP contribution in [-0.4, -0.2) is 47.1 Å². The van der Waals surface area contributed by atoms with Crippen molar-refractivity contribution in [3.8, 4) is 17.2 Å². The van der Waals surface area contributed by atoms with Gasteiger partial charge in [-0.1, -0.05) is 42.1 Å². The Kier molecular flexibility index (Phi) is 6.45. The summed E-state index contributed by atoms with van der Waals surface area (Å²) in [5.41, 5.74) is 0.447. The van der Waals surface area contributed by atoms with Crippen molar-refractivity contribution in [1.82, 2.24) is 4.90 Å². The Labute approximate surface area is 201 Å². The number of rotatable bonds is 5. The molecule has 0 spiro atoms. The minimum Gasteiger partial charge on any atom is -0.507 e. The fourth-order valence-electron chi connectivity index (χ4n) is 4.70. The molecular formula is C24H23Cl2NO6. The second-order valence-electron chi connectivity index (χ2n) is 8.04. The number of aliphatic hydroxyl groups excluding tert-OH is 1. The van der Waals surface area contributed by atoms with Crippen LogP contribution in [0.2, 0.25) is 10.0 Å². The molecule has 1 saturated heterocycles. The SMILES string of the molecule is COc1ccc(C2/C(=C(\O)c3cc(Cl)cc(Cl)c3OC)C(=O)C(=O)N2C2CCCC2)cc1O. The molecule has 2 aromatic carbocycles. The van der Waals surface area contributed by atoms with Gasteiger partial charge in [-0.2, -0.15) is 0 Å². The summed E-state index contributed by atoms with van der Waals surface area (Å²) < 4.78 is 10.5. The number of aliphatic hydroxyl groups is 1. The summed E-state index contributed by atoms with van der Waals surface area (Å²) in [5, 5.41) is 22.1. The maximum Gasteiger partial charge on any atom is 0.295 e. The number of halogens is 2. The molecule has 0 aromatic heterocycles. The Hall–Kier alpha value is -2.90. The van der Waals surface area contributed by atoms with Gasteiger partial charge in [0.05, 0.1) is 36.4 Å². The van der Waals surface area contributed by atoms with E-state index in [0.29, 0.717) is 5.56 Å². The van der Waals surface area contributed by atoms with E-state index in [9.17, 15) is 19.8 Å². The number of hydrogen-bond acceptors (Lipinski definition) is 6. The largest absolute Gasteiger partial charge is 0.507 e. The lowest BCUT2D eigenvalue weighted by Crippen LogP contribution is -2.37. The molecule has 1 unspecified atom stereocenters. The number of carbonyl (C=O) groups excluding carboxylic acids is 2. The zero-order valence-corrected chi connectivity index (χ0v) is 19.6. The number of phenolic OH excluding ortho intramolecular Hbond substituents is 1. The van der Waals surface area contributed by atoms with E-state index in [1.807, 2.05) is 0 Å². The van der Waals surface area contributed by atoms with Crippen LogP contribution in [0.3, 0.4) is 0 Å². The average molecular weight is 492 g/mol. The maximum absolute atomic E-state index is 13.2. The van der Waals surface area contributed by atoms with Gasteiger partial charge < -0.3 is 24.6 Å². The lowest BCUT2D eigenvalue weighted by atomic mass is 9.94. The van der Waals surface area contributed by atoms with E-state index in [-0.39, 0.29) is 44.5 Å². The first-order valence-corrected chi connectivity index (χ1v) is 11.2. The molecule has 174 valence electrons. The number of nitrogens with zero attached hydrogens (tertiary/aromatic N) is 1. The quantitative estimate of drug-likeness (QED) is 0.343. The highest BCUT2D eigenvalue weighted by atomic mass is 35.5. The third-order valence-electron chi connectivity index (χ3n) is 6.18. The van der Waals surface area contributed by atoms with E-state index in [0.717, 1.165) is 25.7 Å². The van der Waals surface area contributed by atoms with Crippen LogP contribution in [0.5, 0.6) is 17.2 Å². The smallest absolute Gasteiger partial charge is 0.295 e. The third-order valence-corrected chi connectivity index (χ3v) is 6.68. The fourth-order valence-corrected chi connectivity index (χ4v) is 5.27. The molecule has 1 amide bonds. The van der Waals surface area contributed by atoms with Gasteiger partial charge in [0.2, 0.25) is 0 Å². The topological polar surface area (TPSA) is 96.3 Å². The summed E-state index contributed by atoms with van der Waals surface area (Å²) in [4.78, 5) is 27.9.